The Balaban J connectivity index is 1.73. The number of hydrogen-bond donors (Lipinski definition) is 0. The monoisotopic (exact) mass is 332 g/mol. The van der Waals surface area contributed by atoms with Gasteiger partial charge < -0.3 is 4.42 Å². The second-order valence-electron chi connectivity index (χ2n) is 6.01. The first-order valence-corrected chi connectivity index (χ1v) is 7.95. The molecule has 0 saturated heterocycles. The molecule has 0 fully saturated rings. The fourth-order valence-electron chi connectivity index (χ4n) is 2.71. The predicted molar refractivity (Wildman–Crippen MR) is 94.3 cm³/mol. The van der Waals surface area contributed by atoms with E-state index in [2.05, 4.69) is 15.0 Å². The van der Waals surface area contributed by atoms with Gasteiger partial charge in [-0.2, -0.15) is 0 Å². The molecule has 0 spiro atoms. The molecule has 3 heterocycles. The lowest BCUT2D eigenvalue weighted by atomic mass is 10.1. The summed E-state index contributed by atoms with van der Waals surface area (Å²) in [7, 11) is 0. The smallest absolute Gasteiger partial charge is 0.406 e. The summed E-state index contributed by atoms with van der Waals surface area (Å²) in [6.45, 7) is 4.21. The quantitative estimate of drug-likeness (QED) is 0.576. The summed E-state index contributed by atoms with van der Waals surface area (Å²) in [5.74, 6) is 0.246. The summed E-state index contributed by atoms with van der Waals surface area (Å²) in [6.07, 6.45) is 3.57. The zero-order valence-electron chi connectivity index (χ0n) is 13.9. The first-order chi connectivity index (χ1) is 12.1. The molecule has 4 aromatic rings. The summed E-state index contributed by atoms with van der Waals surface area (Å²) in [5, 5.41) is 0. The normalized spacial score (nSPS) is 11.1. The number of oxazole rings is 1. The maximum Gasteiger partial charge on any atom is 0.421 e. The molecule has 25 heavy (non-hydrogen) atoms. The Hall–Kier alpha value is -3.28. The summed E-state index contributed by atoms with van der Waals surface area (Å²) in [5.41, 5.74) is 4.76. The largest absolute Gasteiger partial charge is 0.421 e. The first-order valence-electron chi connectivity index (χ1n) is 7.95. The second kappa shape index (κ2) is 5.98. The number of rotatable bonds is 3. The zero-order chi connectivity index (χ0) is 17.4. The van der Waals surface area contributed by atoms with Crippen molar-refractivity contribution in [2.75, 3.05) is 0 Å². The number of aryl methyl sites for hydroxylation is 2. The van der Waals surface area contributed by atoms with Crippen molar-refractivity contribution in [3.63, 3.8) is 0 Å². The second-order valence-corrected chi connectivity index (χ2v) is 6.01. The summed E-state index contributed by atoms with van der Waals surface area (Å²) in [4.78, 5) is 25.3. The maximum absolute atomic E-state index is 12.2. The first kappa shape index (κ1) is 15.3. The highest BCUT2D eigenvalue weighted by Crippen LogP contribution is 2.18. The molecule has 0 aliphatic rings. The fourth-order valence-corrected chi connectivity index (χ4v) is 2.71. The Morgan fingerprint density at radius 2 is 1.88 bits per heavy atom. The van der Waals surface area contributed by atoms with Gasteiger partial charge in [0.2, 0.25) is 0 Å². The highest BCUT2D eigenvalue weighted by Gasteiger charge is 2.12. The van der Waals surface area contributed by atoms with Crippen molar-refractivity contribution in [1.82, 2.24) is 19.5 Å². The number of hydrogen-bond acceptors (Lipinski definition) is 5. The van der Waals surface area contributed by atoms with Crippen LogP contribution in [0.5, 0.6) is 0 Å². The van der Waals surface area contributed by atoms with Crippen molar-refractivity contribution < 1.29 is 4.42 Å². The van der Waals surface area contributed by atoms with E-state index < -0.39 is 5.76 Å². The van der Waals surface area contributed by atoms with Gasteiger partial charge in [-0.15, -0.1) is 0 Å². The minimum atomic E-state index is -0.412. The van der Waals surface area contributed by atoms with Gasteiger partial charge in [0.25, 0.3) is 0 Å². The summed E-state index contributed by atoms with van der Waals surface area (Å²) < 4.78 is 6.81. The lowest BCUT2D eigenvalue weighted by molar-refractivity contribution is 0.517. The Labute approximate surface area is 143 Å². The molecule has 0 unspecified atom stereocenters. The number of benzene rings is 1. The molecule has 0 aliphatic heterocycles. The minimum absolute atomic E-state index is 0.377. The van der Waals surface area contributed by atoms with E-state index in [0.717, 1.165) is 22.4 Å². The van der Waals surface area contributed by atoms with Gasteiger partial charge in [0.15, 0.2) is 17.1 Å². The van der Waals surface area contributed by atoms with Crippen LogP contribution in [0.4, 0.5) is 0 Å². The Morgan fingerprint density at radius 1 is 1.08 bits per heavy atom. The molecule has 3 aromatic heterocycles. The minimum Gasteiger partial charge on any atom is -0.406 e. The van der Waals surface area contributed by atoms with E-state index in [-0.39, 0.29) is 0 Å². The lowest BCUT2D eigenvalue weighted by Gasteiger charge is -2.06. The van der Waals surface area contributed by atoms with Gasteiger partial charge in [0.1, 0.15) is 0 Å². The van der Waals surface area contributed by atoms with Crippen LogP contribution in [0.25, 0.3) is 22.6 Å². The molecular formula is C19H16N4O2. The van der Waals surface area contributed by atoms with Crippen molar-refractivity contribution in [3.05, 3.63) is 76.2 Å². The molecule has 124 valence electrons. The molecule has 0 atom stereocenters. The Morgan fingerprint density at radius 3 is 2.68 bits per heavy atom. The molecule has 6 nitrogen and oxygen atoms in total. The average molecular weight is 332 g/mol. The highest BCUT2D eigenvalue weighted by molar-refractivity contribution is 5.68. The SMILES string of the molecule is Cc1cnc(-c2cccc(Cn3c(=O)oc4ccc(C)nc43)c2)nc1. The van der Waals surface area contributed by atoms with Crippen molar-refractivity contribution >= 4 is 11.2 Å². The summed E-state index contributed by atoms with van der Waals surface area (Å²) >= 11 is 0. The predicted octanol–water partition coefficient (Wildman–Crippen LogP) is 3.11. The van der Waals surface area contributed by atoms with Crippen LogP contribution in [0.2, 0.25) is 0 Å². The molecule has 0 amide bonds. The van der Waals surface area contributed by atoms with E-state index in [9.17, 15) is 4.79 Å². The van der Waals surface area contributed by atoms with E-state index in [1.54, 1.807) is 18.5 Å². The Kier molecular flexibility index (Phi) is 3.65. The number of pyridine rings is 1. The van der Waals surface area contributed by atoms with E-state index in [0.29, 0.717) is 23.6 Å². The fraction of sp³-hybridized carbons (Fsp3) is 0.158. The Bertz CT molecular complexity index is 1110. The molecule has 0 aliphatic carbocycles. The van der Waals surface area contributed by atoms with Crippen molar-refractivity contribution in [1.29, 1.82) is 0 Å². The van der Waals surface area contributed by atoms with E-state index >= 15 is 0 Å². The van der Waals surface area contributed by atoms with Crippen LogP contribution >= 0.6 is 0 Å². The number of nitrogens with zero attached hydrogens (tertiary/aromatic N) is 4. The molecule has 0 saturated carbocycles. The van der Waals surface area contributed by atoms with Gasteiger partial charge in [-0.1, -0.05) is 18.2 Å². The number of aromatic nitrogens is 4. The van der Waals surface area contributed by atoms with Crippen LogP contribution in [-0.2, 0) is 6.54 Å². The van der Waals surface area contributed by atoms with E-state index in [1.165, 1.54) is 4.57 Å². The highest BCUT2D eigenvalue weighted by atomic mass is 16.4. The van der Waals surface area contributed by atoms with Crippen molar-refractivity contribution in [3.8, 4) is 11.4 Å². The standard InChI is InChI=1S/C19H16N4O2/c1-12-9-20-17(21-10-12)15-5-3-4-14(8-15)11-23-18-16(25-19(23)24)7-6-13(2)22-18/h3-10H,11H2,1-2H3. The third-order valence-corrected chi connectivity index (χ3v) is 3.96. The van der Waals surface area contributed by atoms with Gasteiger partial charge in [-0.3, -0.25) is 4.57 Å². The van der Waals surface area contributed by atoms with Gasteiger partial charge >= 0.3 is 5.76 Å². The lowest BCUT2D eigenvalue weighted by Crippen LogP contribution is -2.15. The molecule has 0 bridgehead atoms. The van der Waals surface area contributed by atoms with Crippen LogP contribution in [0.15, 0.2) is 58.0 Å². The molecule has 0 radical (unpaired) electrons. The molecule has 0 N–H and O–H groups in total. The zero-order valence-corrected chi connectivity index (χ0v) is 13.9. The van der Waals surface area contributed by atoms with Gasteiger partial charge in [0.05, 0.1) is 6.54 Å². The molecule has 1 aromatic carbocycles. The van der Waals surface area contributed by atoms with Gasteiger partial charge in [0, 0.05) is 23.7 Å². The van der Waals surface area contributed by atoms with E-state index in [1.807, 2.05) is 44.2 Å². The summed E-state index contributed by atoms with van der Waals surface area (Å²) in [6, 6.07) is 11.4. The topological polar surface area (TPSA) is 73.8 Å². The van der Waals surface area contributed by atoms with Crippen LogP contribution in [0.1, 0.15) is 16.8 Å². The average Bonchev–Trinajstić information content (AvgIpc) is 2.91. The van der Waals surface area contributed by atoms with Crippen LogP contribution in [0, 0.1) is 13.8 Å². The molecule has 4 rings (SSSR count). The van der Waals surface area contributed by atoms with Crippen molar-refractivity contribution in [2.45, 2.75) is 20.4 Å². The van der Waals surface area contributed by atoms with Gasteiger partial charge in [-0.05, 0) is 43.2 Å². The third kappa shape index (κ3) is 2.94. The molecule has 6 heteroatoms. The number of fused-ring (bicyclic) bond motifs is 1. The van der Waals surface area contributed by atoms with Crippen LogP contribution in [-0.4, -0.2) is 19.5 Å². The van der Waals surface area contributed by atoms with Crippen molar-refractivity contribution in [2.24, 2.45) is 0 Å². The molecular weight excluding hydrogens is 316 g/mol. The van der Waals surface area contributed by atoms with Crippen LogP contribution < -0.4 is 5.76 Å². The van der Waals surface area contributed by atoms with Crippen LogP contribution in [0.3, 0.4) is 0 Å². The third-order valence-electron chi connectivity index (χ3n) is 3.96. The maximum atomic E-state index is 12.2. The van der Waals surface area contributed by atoms with Gasteiger partial charge in [-0.25, -0.2) is 19.7 Å². The van der Waals surface area contributed by atoms with E-state index in [4.69, 9.17) is 4.42 Å².